The number of hydrogen-bond acceptors (Lipinski definition) is 4. The van der Waals surface area contributed by atoms with Crippen LogP contribution < -0.4 is 10.5 Å². The first-order valence-electron chi connectivity index (χ1n) is 6.89. The first kappa shape index (κ1) is 14.9. The van der Waals surface area contributed by atoms with Crippen molar-refractivity contribution < 1.29 is 4.74 Å². The summed E-state index contributed by atoms with van der Waals surface area (Å²) >= 11 is 0. The molecule has 0 aliphatic rings. The quantitative estimate of drug-likeness (QED) is 0.933. The smallest absolute Gasteiger partial charge is 0.241 e. The maximum absolute atomic E-state index is 9.01. The molecule has 0 saturated carbocycles. The summed E-state index contributed by atoms with van der Waals surface area (Å²) in [5.41, 5.74) is 9.81. The predicted molar refractivity (Wildman–Crippen MR) is 82.5 cm³/mol. The Labute approximate surface area is 124 Å². The summed E-state index contributed by atoms with van der Waals surface area (Å²) in [5, 5.41) is 13.4. The van der Waals surface area contributed by atoms with E-state index in [2.05, 4.69) is 11.2 Å². The van der Waals surface area contributed by atoms with Gasteiger partial charge in [0.1, 0.15) is 11.4 Å². The lowest BCUT2D eigenvalue weighted by molar-refractivity contribution is 0.386. The number of hydrogen-bond donors (Lipinski definition) is 1. The van der Waals surface area contributed by atoms with Crippen molar-refractivity contribution >= 4 is 5.69 Å². The zero-order chi connectivity index (χ0) is 15.7. The molecule has 0 bridgehead atoms. The van der Waals surface area contributed by atoms with Crippen LogP contribution in [0, 0.1) is 32.1 Å². The Morgan fingerprint density at radius 3 is 2.29 bits per heavy atom. The molecule has 0 unspecified atom stereocenters. The molecule has 0 aliphatic heterocycles. The zero-order valence-corrected chi connectivity index (χ0v) is 13.1. The van der Waals surface area contributed by atoms with E-state index in [-0.39, 0.29) is 6.04 Å². The van der Waals surface area contributed by atoms with Crippen molar-refractivity contribution in [1.29, 1.82) is 5.26 Å². The fourth-order valence-corrected chi connectivity index (χ4v) is 2.26. The Morgan fingerprint density at radius 1 is 1.24 bits per heavy atom. The van der Waals surface area contributed by atoms with Crippen LogP contribution in [0.4, 0.5) is 5.69 Å². The molecule has 1 heterocycles. The first-order valence-corrected chi connectivity index (χ1v) is 6.89. The Morgan fingerprint density at radius 2 is 1.81 bits per heavy atom. The molecule has 0 spiro atoms. The van der Waals surface area contributed by atoms with Crippen LogP contribution in [0.2, 0.25) is 0 Å². The molecule has 110 valence electrons. The molecule has 2 N–H and O–H groups in total. The van der Waals surface area contributed by atoms with Gasteiger partial charge in [0.05, 0.1) is 23.4 Å². The van der Waals surface area contributed by atoms with Gasteiger partial charge in [0.2, 0.25) is 5.88 Å². The lowest BCUT2D eigenvalue weighted by Crippen LogP contribution is -2.06. The molecule has 1 aromatic heterocycles. The van der Waals surface area contributed by atoms with Crippen molar-refractivity contribution in [2.24, 2.45) is 0 Å². The van der Waals surface area contributed by atoms with Gasteiger partial charge in [-0.25, -0.2) is 4.68 Å². The first-order chi connectivity index (χ1) is 9.85. The third-order valence-corrected chi connectivity index (χ3v) is 3.36. The average Bonchev–Trinajstić information content (AvgIpc) is 2.70. The molecular formula is C16H20N4O. The van der Waals surface area contributed by atoms with Crippen LogP contribution in [-0.4, -0.2) is 9.78 Å². The normalized spacial score (nSPS) is 10.7. The van der Waals surface area contributed by atoms with Gasteiger partial charge in [0.25, 0.3) is 0 Å². The van der Waals surface area contributed by atoms with Gasteiger partial charge in [-0.3, -0.25) is 0 Å². The van der Waals surface area contributed by atoms with Crippen LogP contribution in [0.3, 0.4) is 0 Å². The minimum absolute atomic E-state index is 0.148. The van der Waals surface area contributed by atoms with Gasteiger partial charge in [-0.05, 0) is 57.9 Å². The Balaban J connectivity index is 2.51. The van der Waals surface area contributed by atoms with Gasteiger partial charge in [-0.1, -0.05) is 0 Å². The number of nitrogens with zero attached hydrogens (tertiary/aromatic N) is 3. The maximum atomic E-state index is 9.01. The Kier molecular flexibility index (Phi) is 3.90. The summed E-state index contributed by atoms with van der Waals surface area (Å²) in [4.78, 5) is 0. The zero-order valence-electron chi connectivity index (χ0n) is 13.1. The van der Waals surface area contributed by atoms with Crippen molar-refractivity contribution in [3.63, 3.8) is 0 Å². The topological polar surface area (TPSA) is 76.9 Å². The molecule has 0 aliphatic carbocycles. The summed E-state index contributed by atoms with van der Waals surface area (Å²) in [6.45, 7) is 9.75. The number of nitrogens with two attached hydrogens (primary N) is 1. The van der Waals surface area contributed by atoms with E-state index in [1.165, 1.54) is 0 Å². The number of nitrogen functional groups attached to an aromatic ring is 1. The lowest BCUT2D eigenvalue weighted by atomic mass is 10.1. The second kappa shape index (κ2) is 5.49. The van der Waals surface area contributed by atoms with Crippen LogP contribution in [-0.2, 0) is 0 Å². The van der Waals surface area contributed by atoms with Crippen molar-refractivity contribution in [3.05, 3.63) is 34.5 Å². The van der Waals surface area contributed by atoms with E-state index < -0.39 is 0 Å². The average molecular weight is 284 g/mol. The predicted octanol–water partition coefficient (Wildman–Crippen LogP) is 3.64. The molecule has 0 fully saturated rings. The van der Waals surface area contributed by atoms with Crippen LogP contribution in [0.1, 0.15) is 42.3 Å². The van der Waals surface area contributed by atoms with Gasteiger partial charge >= 0.3 is 0 Å². The fraction of sp³-hybridized carbons (Fsp3) is 0.375. The second-order valence-corrected chi connectivity index (χ2v) is 5.50. The van der Waals surface area contributed by atoms with Crippen LogP contribution in [0.25, 0.3) is 0 Å². The summed E-state index contributed by atoms with van der Waals surface area (Å²) in [6.07, 6.45) is 0. The van der Waals surface area contributed by atoms with Gasteiger partial charge in [0.15, 0.2) is 0 Å². The highest BCUT2D eigenvalue weighted by molar-refractivity contribution is 5.56. The summed E-state index contributed by atoms with van der Waals surface area (Å²) in [5.74, 6) is 1.28. The Bertz CT molecular complexity index is 700. The number of aromatic nitrogens is 2. The Hall–Kier alpha value is -2.48. The van der Waals surface area contributed by atoms with E-state index >= 15 is 0 Å². The number of anilines is 1. The van der Waals surface area contributed by atoms with Crippen molar-refractivity contribution in [1.82, 2.24) is 9.78 Å². The van der Waals surface area contributed by atoms with Crippen molar-refractivity contribution in [2.75, 3.05) is 5.73 Å². The van der Waals surface area contributed by atoms with E-state index in [9.17, 15) is 0 Å². The van der Waals surface area contributed by atoms with E-state index in [4.69, 9.17) is 15.7 Å². The molecular weight excluding hydrogens is 264 g/mol. The molecule has 2 rings (SSSR count). The second-order valence-electron chi connectivity index (χ2n) is 5.50. The summed E-state index contributed by atoms with van der Waals surface area (Å²) in [6, 6.07) is 5.91. The van der Waals surface area contributed by atoms with E-state index in [1.54, 1.807) is 4.68 Å². The molecule has 0 radical (unpaired) electrons. The van der Waals surface area contributed by atoms with Crippen molar-refractivity contribution in [3.8, 4) is 17.7 Å². The largest absolute Gasteiger partial charge is 0.437 e. The minimum atomic E-state index is 0.148. The molecule has 5 heteroatoms. The van der Waals surface area contributed by atoms with E-state index in [0.29, 0.717) is 17.1 Å². The van der Waals surface area contributed by atoms with Crippen LogP contribution in [0.5, 0.6) is 11.6 Å². The fourth-order valence-electron chi connectivity index (χ4n) is 2.26. The summed E-state index contributed by atoms with van der Waals surface area (Å²) < 4.78 is 7.83. The van der Waals surface area contributed by atoms with E-state index in [1.807, 2.05) is 46.8 Å². The molecule has 21 heavy (non-hydrogen) atoms. The number of aryl methyl sites for hydroxylation is 3. The third-order valence-electron chi connectivity index (χ3n) is 3.36. The van der Waals surface area contributed by atoms with Crippen LogP contribution in [0.15, 0.2) is 12.1 Å². The number of benzene rings is 1. The third kappa shape index (κ3) is 2.70. The molecule has 1 aromatic carbocycles. The molecule has 0 atom stereocenters. The lowest BCUT2D eigenvalue weighted by Gasteiger charge is -2.15. The molecule has 5 nitrogen and oxygen atoms in total. The van der Waals surface area contributed by atoms with Gasteiger partial charge in [-0.15, -0.1) is 0 Å². The van der Waals surface area contributed by atoms with Crippen LogP contribution >= 0.6 is 0 Å². The van der Waals surface area contributed by atoms with Gasteiger partial charge in [-0.2, -0.15) is 10.4 Å². The highest BCUT2D eigenvalue weighted by atomic mass is 16.5. The number of ether oxygens (including phenoxy) is 1. The SMILES string of the molecule is Cc1cc(C#N)cc(C)c1Oc1c(N)c(C)nn1C(C)C. The molecule has 2 aromatic rings. The van der Waals surface area contributed by atoms with Gasteiger partial charge in [0, 0.05) is 0 Å². The number of nitriles is 1. The maximum Gasteiger partial charge on any atom is 0.241 e. The number of rotatable bonds is 3. The highest BCUT2D eigenvalue weighted by Gasteiger charge is 2.18. The summed E-state index contributed by atoms with van der Waals surface area (Å²) in [7, 11) is 0. The highest BCUT2D eigenvalue weighted by Crippen LogP contribution is 2.35. The van der Waals surface area contributed by atoms with E-state index in [0.717, 1.165) is 22.6 Å². The molecule has 0 amide bonds. The monoisotopic (exact) mass is 284 g/mol. The van der Waals surface area contributed by atoms with Crippen molar-refractivity contribution in [2.45, 2.75) is 40.7 Å². The minimum Gasteiger partial charge on any atom is -0.437 e. The van der Waals surface area contributed by atoms with Gasteiger partial charge < -0.3 is 10.5 Å². The molecule has 0 saturated heterocycles. The standard InChI is InChI=1S/C16H20N4O/c1-9(2)20-16(14(18)12(5)19-20)21-15-10(3)6-13(8-17)7-11(15)4/h6-7,9H,18H2,1-5H3.